The van der Waals surface area contributed by atoms with Crippen molar-refractivity contribution in [1.29, 1.82) is 0 Å². The molecule has 3 rings (SSSR count). The van der Waals surface area contributed by atoms with Crippen molar-refractivity contribution in [2.75, 3.05) is 32.6 Å². The number of rotatable bonds is 7. The first-order chi connectivity index (χ1) is 15.2. The second-order valence-electron chi connectivity index (χ2n) is 7.75. The maximum Gasteiger partial charge on any atom is 0.411 e. The van der Waals surface area contributed by atoms with Gasteiger partial charge in [0.1, 0.15) is 0 Å². The van der Waals surface area contributed by atoms with Crippen molar-refractivity contribution in [3.05, 3.63) is 65.2 Å². The number of hydrogen-bond donors (Lipinski definition) is 3. The Kier molecular flexibility index (Phi) is 11.3. The van der Waals surface area contributed by atoms with Crippen LogP contribution in [0.5, 0.6) is 0 Å². The number of amides is 1. The van der Waals surface area contributed by atoms with Crippen LogP contribution in [-0.4, -0.2) is 44.2 Å². The summed E-state index contributed by atoms with van der Waals surface area (Å²) in [7, 11) is 3.11. The van der Waals surface area contributed by atoms with Crippen LogP contribution in [0, 0.1) is 0 Å². The number of aliphatic imine (C=N–C) groups is 1. The number of guanidine groups is 1. The molecule has 1 heterocycles. The average Bonchev–Trinajstić information content (AvgIpc) is 2.82. The topological polar surface area (TPSA) is 78.0 Å². The van der Waals surface area contributed by atoms with Crippen molar-refractivity contribution in [1.82, 2.24) is 15.5 Å². The largest absolute Gasteiger partial charge is 0.453 e. The smallest absolute Gasteiger partial charge is 0.411 e. The number of carbonyl (C=O) groups is 1. The molecule has 0 saturated carbocycles. The van der Waals surface area contributed by atoms with E-state index in [0.717, 1.165) is 18.1 Å². The molecule has 3 N–H and O–H groups in total. The number of ether oxygens (including phenoxy) is 1. The van der Waals surface area contributed by atoms with E-state index in [-0.39, 0.29) is 24.0 Å². The van der Waals surface area contributed by atoms with Crippen LogP contribution in [0.2, 0.25) is 0 Å². The lowest BCUT2D eigenvalue weighted by Crippen LogP contribution is -2.36. The minimum atomic E-state index is -0.477. The highest BCUT2D eigenvalue weighted by atomic mass is 127. The van der Waals surface area contributed by atoms with Gasteiger partial charge in [0.05, 0.1) is 7.11 Å². The van der Waals surface area contributed by atoms with Gasteiger partial charge < -0.3 is 15.4 Å². The molecule has 0 atom stereocenters. The van der Waals surface area contributed by atoms with Gasteiger partial charge in [-0.1, -0.05) is 42.8 Å². The van der Waals surface area contributed by atoms with E-state index < -0.39 is 6.09 Å². The predicted octanol–water partition coefficient (Wildman–Crippen LogP) is 4.33. The number of benzene rings is 2. The summed E-state index contributed by atoms with van der Waals surface area (Å²) in [5, 5.41) is 9.31. The molecular formula is C24H34IN5O2. The Hall–Kier alpha value is -2.33. The normalized spacial score (nSPS) is 14.2. The van der Waals surface area contributed by atoms with Crippen LogP contribution >= 0.6 is 24.0 Å². The van der Waals surface area contributed by atoms with Crippen LogP contribution in [0.3, 0.4) is 0 Å². The lowest BCUT2D eigenvalue weighted by Gasteiger charge is -2.26. The van der Waals surface area contributed by atoms with Crippen molar-refractivity contribution in [3.8, 4) is 0 Å². The van der Waals surface area contributed by atoms with Crippen LogP contribution < -0.4 is 16.0 Å². The number of anilines is 1. The van der Waals surface area contributed by atoms with Crippen LogP contribution in [-0.2, 0) is 24.4 Å². The van der Waals surface area contributed by atoms with E-state index in [1.54, 1.807) is 7.05 Å². The van der Waals surface area contributed by atoms with Gasteiger partial charge in [0, 0.05) is 32.4 Å². The third-order valence-electron chi connectivity index (χ3n) is 5.41. The second-order valence-corrected chi connectivity index (χ2v) is 7.75. The summed E-state index contributed by atoms with van der Waals surface area (Å²) in [6, 6.07) is 16.4. The Bertz CT molecular complexity index is 850. The number of halogens is 1. The molecule has 7 nitrogen and oxygen atoms in total. The Morgan fingerprint density at radius 2 is 1.44 bits per heavy atom. The van der Waals surface area contributed by atoms with Crippen LogP contribution in [0.25, 0.3) is 0 Å². The van der Waals surface area contributed by atoms with Gasteiger partial charge in [-0.2, -0.15) is 0 Å². The molecule has 1 aliphatic heterocycles. The van der Waals surface area contributed by atoms with Gasteiger partial charge in [0.25, 0.3) is 0 Å². The number of methoxy groups -OCH3 is 1. The van der Waals surface area contributed by atoms with E-state index >= 15 is 0 Å². The van der Waals surface area contributed by atoms with E-state index in [4.69, 9.17) is 0 Å². The fraction of sp³-hybridized carbons (Fsp3) is 0.417. The summed E-state index contributed by atoms with van der Waals surface area (Å²) < 4.78 is 4.59. The van der Waals surface area contributed by atoms with Crippen molar-refractivity contribution < 1.29 is 9.53 Å². The summed E-state index contributed by atoms with van der Waals surface area (Å²) in [4.78, 5) is 18.1. The Balaban J connectivity index is 0.00000363. The fourth-order valence-corrected chi connectivity index (χ4v) is 3.61. The number of likely N-dealkylation sites (tertiary alicyclic amines) is 1. The summed E-state index contributed by atoms with van der Waals surface area (Å²) in [5.74, 6) is 0.745. The minimum absolute atomic E-state index is 0. The molecule has 8 heteroatoms. The third-order valence-corrected chi connectivity index (χ3v) is 5.41. The molecule has 32 heavy (non-hydrogen) atoms. The summed E-state index contributed by atoms with van der Waals surface area (Å²) in [6.45, 7) is 4.83. The molecule has 0 aliphatic carbocycles. The van der Waals surface area contributed by atoms with Gasteiger partial charge in [-0.25, -0.2) is 4.79 Å². The predicted molar refractivity (Wildman–Crippen MR) is 140 cm³/mol. The zero-order chi connectivity index (χ0) is 21.9. The standard InChI is InChI=1S/C24H33N5O2.HI/c1-25-23(27-17-20-10-12-22(13-11-20)28-24(30)31-2)26-16-19-6-8-21(9-7-19)18-29-14-4-3-5-15-29;/h6-13H,3-5,14-18H2,1-2H3,(H,28,30)(H2,25,26,27);1H. The van der Waals surface area contributed by atoms with E-state index in [1.165, 1.54) is 50.6 Å². The molecule has 0 radical (unpaired) electrons. The zero-order valence-corrected chi connectivity index (χ0v) is 21.2. The first-order valence-corrected chi connectivity index (χ1v) is 10.8. The molecule has 174 valence electrons. The van der Waals surface area contributed by atoms with Gasteiger partial charge in [0.15, 0.2) is 5.96 Å². The van der Waals surface area contributed by atoms with Crippen molar-refractivity contribution >= 4 is 41.7 Å². The molecule has 1 aliphatic rings. The molecule has 0 unspecified atom stereocenters. The molecule has 1 fully saturated rings. The lowest BCUT2D eigenvalue weighted by molar-refractivity contribution is 0.187. The molecule has 0 bridgehead atoms. The van der Waals surface area contributed by atoms with Gasteiger partial charge in [-0.15, -0.1) is 24.0 Å². The number of nitrogens with zero attached hydrogens (tertiary/aromatic N) is 2. The molecule has 0 aromatic heterocycles. The highest BCUT2D eigenvalue weighted by Gasteiger charge is 2.10. The minimum Gasteiger partial charge on any atom is -0.453 e. The maximum absolute atomic E-state index is 11.2. The SMILES string of the molecule is CN=C(NCc1ccc(CN2CCCCC2)cc1)NCc1ccc(NC(=O)OC)cc1.I. The Morgan fingerprint density at radius 3 is 1.97 bits per heavy atom. The van der Waals surface area contributed by atoms with E-state index in [1.807, 2.05) is 24.3 Å². The highest BCUT2D eigenvalue weighted by molar-refractivity contribution is 14.0. The molecule has 2 aromatic rings. The summed E-state index contributed by atoms with van der Waals surface area (Å²) >= 11 is 0. The molecule has 1 saturated heterocycles. The van der Waals surface area contributed by atoms with Crippen molar-refractivity contribution in [2.45, 2.75) is 38.9 Å². The summed E-state index contributed by atoms with van der Waals surface area (Å²) in [5.41, 5.74) is 4.38. The average molecular weight is 551 g/mol. The van der Waals surface area contributed by atoms with E-state index in [9.17, 15) is 4.79 Å². The van der Waals surface area contributed by atoms with Crippen molar-refractivity contribution in [3.63, 3.8) is 0 Å². The van der Waals surface area contributed by atoms with Crippen LogP contribution in [0.4, 0.5) is 10.5 Å². The number of piperidine rings is 1. The lowest BCUT2D eigenvalue weighted by atomic mass is 10.1. The monoisotopic (exact) mass is 551 g/mol. The molecular weight excluding hydrogens is 517 g/mol. The Labute approximate surface area is 208 Å². The fourth-order valence-electron chi connectivity index (χ4n) is 3.61. The third kappa shape index (κ3) is 8.66. The highest BCUT2D eigenvalue weighted by Crippen LogP contribution is 2.14. The molecule has 1 amide bonds. The summed E-state index contributed by atoms with van der Waals surface area (Å²) in [6.07, 6.45) is 3.54. The maximum atomic E-state index is 11.2. The first kappa shape index (κ1) is 25.9. The van der Waals surface area contributed by atoms with Gasteiger partial charge in [0.2, 0.25) is 0 Å². The van der Waals surface area contributed by atoms with Crippen LogP contribution in [0.15, 0.2) is 53.5 Å². The number of carbonyl (C=O) groups excluding carboxylic acids is 1. The second kappa shape index (κ2) is 13.9. The van der Waals surface area contributed by atoms with Crippen molar-refractivity contribution in [2.24, 2.45) is 4.99 Å². The van der Waals surface area contributed by atoms with Gasteiger partial charge >= 0.3 is 6.09 Å². The van der Waals surface area contributed by atoms with E-state index in [2.05, 4.69) is 54.8 Å². The molecule has 2 aromatic carbocycles. The number of nitrogens with one attached hydrogen (secondary N) is 3. The van der Waals surface area contributed by atoms with Crippen LogP contribution in [0.1, 0.15) is 36.0 Å². The quantitative estimate of drug-likeness (QED) is 0.271. The van der Waals surface area contributed by atoms with Gasteiger partial charge in [-0.3, -0.25) is 15.2 Å². The number of hydrogen-bond acceptors (Lipinski definition) is 4. The zero-order valence-electron chi connectivity index (χ0n) is 18.9. The van der Waals surface area contributed by atoms with Gasteiger partial charge in [-0.05, 0) is 54.8 Å². The first-order valence-electron chi connectivity index (χ1n) is 10.8. The molecule has 0 spiro atoms. The van der Waals surface area contributed by atoms with E-state index in [0.29, 0.717) is 18.8 Å². The Morgan fingerprint density at radius 1 is 0.906 bits per heavy atom.